The van der Waals surface area contributed by atoms with Crippen molar-refractivity contribution in [1.29, 1.82) is 0 Å². The molecule has 0 aromatic heterocycles. The second-order valence-corrected chi connectivity index (χ2v) is 3.74. The Labute approximate surface area is 77.6 Å². The summed E-state index contributed by atoms with van der Waals surface area (Å²) in [7, 11) is 0. The van der Waals surface area contributed by atoms with Gasteiger partial charge in [-0.1, -0.05) is 28.1 Å². The number of hydrogen-bond donors (Lipinski definition) is 0. The van der Waals surface area contributed by atoms with E-state index in [1.165, 1.54) is 38.0 Å². The molecule has 1 rings (SSSR count). The standard InChI is InChI=1S/C9H16BrN/c1-9(8-10)4-7-11-5-2-3-6-11/h1-8H2. The van der Waals surface area contributed by atoms with Gasteiger partial charge in [-0.25, -0.2) is 0 Å². The number of nitrogens with zero attached hydrogens (tertiary/aromatic N) is 1. The molecule has 0 bridgehead atoms. The molecule has 0 aliphatic carbocycles. The topological polar surface area (TPSA) is 3.24 Å². The quantitative estimate of drug-likeness (QED) is 0.517. The molecule has 2 heteroatoms. The Hall–Kier alpha value is 0.180. The monoisotopic (exact) mass is 217 g/mol. The number of halogens is 1. The lowest BCUT2D eigenvalue weighted by molar-refractivity contribution is 0.343. The van der Waals surface area contributed by atoms with Gasteiger partial charge in [0.15, 0.2) is 0 Å². The SMILES string of the molecule is C=C(CBr)CCN1CCCC1. The van der Waals surface area contributed by atoms with Crippen molar-refractivity contribution < 1.29 is 0 Å². The molecule has 1 heterocycles. The molecule has 1 aliphatic heterocycles. The van der Waals surface area contributed by atoms with Crippen LogP contribution in [0.2, 0.25) is 0 Å². The maximum absolute atomic E-state index is 3.96. The molecular formula is C9H16BrN. The van der Waals surface area contributed by atoms with Crippen molar-refractivity contribution in [2.45, 2.75) is 19.3 Å². The van der Waals surface area contributed by atoms with Crippen LogP contribution < -0.4 is 0 Å². The Kier molecular flexibility index (Phi) is 4.16. The van der Waals surface area contributed by atoms with Gasteiger partial charge < -0.3 is 4.90 Å². The first kappa shape index (κ1) is 9.27. The predicted molar refractivity (Wildman–Crippen MR) is 53.2 cm³/mol. The third-order valence-electron chi connectivity index (χ3n) is 2.17. The first-order valence-electron chi connectivity index (χ1n) is 4.28. The van der Waals surface area contributed by atoms with Gasteiger partial charge in [-0.2, -0.15) is 0 Å². The first-order chi connectivity index (χ1) is 5.33. The van der Waals surface area contributed by atoms with Crippen LogP contribution in [0.15, 0.2) is 12.2 Å². The molecule has 0 aromatic rings. The molecule has 64 valence electrons. The van der Waals surface area contributed by atoms with Gasteiger partial charge in [0.1, 0.15) is 0 Å². The molecule has 0 amide bonds. The summed E-state index contributed by atoms with van der Waals surface area (Å²) in [5, 5.41) is 0.959. The normalized spacial score (nSPS) is 19.0. The second-order valence-electron chi connectivity index (χ2n) is 3.18. The minimum absolute atomic E-state index is 0.959. The number of rotatable bonds is 4. The van der Waals surface area contributed by atoms with E-state index in [0.29, 0.717) is 0 Å². The lowest BCUT2D eigenvalue weighted by Crippen LogP contribution is -2.20. The average molecular weight is 218 g/mol. The fraction of sp³-hybridized carbons (Fsp3) is 0.778. The van der Waals surface area contributed by atoms with Crippen LogP contribution in [-0.2, 0) is 0 Å². The zero-order valence-corrected chi connectivity index (χ0v) is 8.57. The maximum Gasteiger partial charge on any atom is 0.0239 e. The molecule has 0 atom stereocenters. The van der Waals surface area contributed by atoms with E-state index in [2.05, 4.69) is 27.4 Å². The summed E-state index contributed by atoms with van der Waals surface area (Å²) < 4.78 is 0. The van der Waals surface area contributed by atoms with Gasteiger partial charge in [-0.05, 0) is 32.4 Å². The zero-order valence-electron chi connectivity index (χ0n) is 6.98. The highest BCUT2D eigenvalue weighted by atomic mass is 79.9. The van der Waals surface area contributed by atoms with Crippen LogP contribution >= 0.6 is 15.9 Å². The van der Waals surface area contributed by atoms with E-state index in [-0.39, 0.29) is 0 Å². The molecular weight excluding hydrogens is 202 g/mol. The third kappa shape index (κ3) is 3.39. The van der Waals surface area contributed by atoms with Crippen LogP contribution in [0.5, 0.6) is 0 Å². The van der Waals surface area contributed by atoms with E-state index in [1.807, 2.05) is 0 Å². The van der Waals surface area contributed by atoms with E-state index in [0.717, 1.165) is 11.8 Å². The Balaban J connectivity index is 2.06. The number of alkyl halides is 1. The highest BCUT2D eigenvalue weighted by molar-refractivity contribution is 9.09. The molecule has 11 heavy (non-hydrogen) atoms. The summed E-state index contributed by atoms with van der Waals surface area (Å²) in [6.45, 7) is 7.78. The molecule has 0 saturated carbocycles. The van der Waals surface area contributed by atoms with Crippen molar-refractivity contribution in [1.82, 2.24) is 4.90 Å². The Morgan fingerprint density at radius 3 is 2.55 bits per heavy atom. The molecule has 1 aliphatic rings. The van der Waals surface area contributed by atoms with Crippen molar-refractivity contribution in [2.75, 3.05) is 25.0 Å². The van der Waals surface area contributed by atoms with E-state index >= 15 is 0 Å². The molecule has 0 N–H and O–H groups in total. The minimum Gasteiger partial charge on any atom is -0.303 e. The van der Waals surface area contributed by atoms with Crippen molar-refractivity contribution in [3.05, 3.63) is 12.2 Å². The van der Waals surface area contributed by atoms with Gasteiger partial charge in [-0.15, -0.1) is 0 Å². The van der Waals surface area contributed by atoms with Crippen molar-refractivity contribution >= 4 is 15.9 Å². The predicted octanol–water partition coefficient (Wildman–Crippen LogP) is 2.42. The minimum atomic E-state index is 0.959. The zero-order chi connectivity index (χ0) is 8.10. The molecule has 1 saturated heterocycles. The first-order valence-corrected chi connectivity index (χ1v) is 5.40. The van der Waals surface area contributed by atoms with Gasteiger partial charge in [0.2, 0.25) is 0 Å². The van der Waals surface area contributed by atoms with E-state index in [4.69, 9.17) is 0 Å². The van der Waals surface area contributed by atoms with Crippen molar-refractivity contribution in [2.24, 2.45) is 0 Å². The molecule has 0 aromatic carbocycles. The molecule has 0 unspecified atom stereocenters. The molecule has 1 fully saturated rings. The second kappa shape index (κ2) is 4.94. The van der Waals surface area contributed by atoms with Gasteiger partial charge in [0, 0.05) is 11.9 Å². The summed E-state index contributed by atoms with van der Waals surface area (Å²) >= 11 is 3.41. The van der Waals surface area contributed by atoms with Crippen LogP contribution in [0, 0.1) is 0 Å². The van der Waals surface area contributed by atoms with Crippen LogP contribution in [0.1, 0.15) is 19.3 Å². The summed E-state index contributed by atoms with van der Waals surface area (Å²) in [4.78, 5) is 2.52. The smallest absolute Gasteiger partial charge is 0.0239 e. The summed E-state index contributed by atoms with van der Waals surface area (Å²) in [6, 6.07) is 0. The van der Waals surface area contributed by atoms with Gasteiger partial charge >= 0.3 is 0 Å². The van der Waals surface area contributed by atoms with Crippen LogP contribution in [0.3, 0.4) is 0 Å². The van der Waals surface area contributed by atoms with Crippen LogP contribution in [0.25, 0.3) is 0 Å². The van der Waals surface area contributed by atoms with Gasteiger partial charge in [0.05, 0.1) is 0 Å². The van der Waals surface area contributed by atoms with E-state index in [1.54, 1.807) is 0 Å². The maximum atomic E-state index is 3.96. The third-order valence-corrected chi connectivity index (χ3v) is 2.96. The Bertz CT molecular complexity index is 128. The largest absolute Gasteiger partial charge is 0.303 e. The number of hydrogen-bond acceptors (Lipinski definition) is 1. The molecule has 0 radical (unpaired) electrons. The summed E-state index contributed by atoms with van der Waals surface area (Å²) in [5.41, 5.74) is 1.32. The van der Waals surface area contributed by atoms with E-state index < -0.39 is 0 Å². The van der Waals surface area contributed by atoms with Crippen molar-refractivity contribution in [3.8, 4) is 0 Å². The lowest BCUT2D eigenvalue weighted by atomic mass is 10.2. The Morgan fingerprint density at radius 1 is 1.36 bits per heavy atom. The van der Waals surface area contributed by atoms with Gasteiger partial charge in [0.25, 0.3) is 0 Å². The molecule has 0 spiro atoms. The lowest BCUT2D eigenvalue weighted by Gasteiger charge is -2.14. The highest BCUT2D eigenvalue weighted by Gasteiger charge is 2.10. The van der Waals surface area contributed by atoms with E-state index in [9.17, 15) is 0 Å². The Morgan fingerprint density at radius 2 is 2.00 bits per heavy atom. The fourth-order valence-electron chi connectivity index (χ4n) is 1.39. The average Bonchev–Trinajstić information content (AvgIpc) is 2.52. The van der Waals surface area contributed by atoms with Gasteiger partial charge in [-0.3, -0.25) is 0 Å². The number of likely N-dealkylation sites (tertiary alicyclic amines) is 1. The van der Waals surface area contributed by atoms with Crippen LogP contribution in [-0.4, -0.2) is 29.9 Å². The summed E-state index contributed by atoms with van der Waals surface area (Å²) in [5.74, 6) is 0. The summed E-state index contributed by atoms with van der Waals surface area (Å²) in [6.07, 6.45) is 3.94. The highest BCUT2D eigenvalue weighted by Crippen LogP contribution is 2.10. The van der Waals surface area contributed by atoms with Crippen molar-refractivity contribution in [3.63, 3.8) is 0 Å². The van der Waals surface area contributed by atoms with Crippen LogP contribution in [0.4, 0.5) is 0 Å². The fourth-order valence-corrected chi connectivity index (χ4v) is 1.67. The molecule has 1 nitrogen and oxygen atoms in total.